The first-order valence-corrected chi connectivity index (χ1v) is 12.1. The Labute approximate surface area is 209 Å². The Hall–Kier alpha value is -3.44. The SMILES string of the molecule is CC(C)C(NC(=O)C1CCCN1C(=O)C(N)Cc1c[nH]c2ccccc12)C(=O)NC(C(=O)O)C(C)O. The number of carbonyl (C=O) groups excluding carboxylic acids is 3. The van der Waals surface area contributed by atoms with Gasteiger partial charge in [-0.2, -0.15) is 0 Å². The summed E-state index contributed by atoms with van der Waals surface area (Å²) in [4.78, 5) is 55.1. The van der Waals surface area contributed by atoms with Crippen molar-refractivity contribution in [3.63, 3.8) is 0 Å². The molecule has 11 nitrogen and oxygen atoms in total. The van der Waals surface area contributed by atoms with Gasteiger partial charge >= 0.3 is 5.97 Å². The summed E-state index contributed by atoms with van der Waals surface area (Å²) in [6.07, 6.45) is 1.85. The molecule has 2 aromatic rings. The first kappa shape index (κ1) is 27.2. The Morgan fingerprint density at radius 2 is 1.83 bits per heavy atom. The number of benzene rings is 1. The van der Waals surface area contributed by atoms with Gasteiger partial charge in [0.1, 0.15) is 12.1 Å². The molecule has 0 aliphatic carbocycles. The Bertz CT molecular complexity index is 1110. The molecule has 1 fully saturated rings. The maximum absolute atomic E-state index is 13.2. The molecule has 1 saturated heterocycles. The van der Waals surface area contributed by atoms with E-state index in [0.29, 0.717) is 25.8 Å². The minimum atomic E-state index is -1.51. The minimum absolute atomic E-state index is 0.306. The molecule has 3 amide bonds. The average Bonchev–Trinajstić information content (AvgIpc) is 3.47. The first-order chi connectivity index (χ1) is 17.0. The Morgan fingerprint density at radius 1 is 1.14 bits per heavy atom. The van der Waals surface area contributed by atoms with Crippen LogP contribution in [0.4, 0.5) is 0 Å². The largest absolute Gasteiger partial charge is 0.480 e. The molecule has 5 unspecified atom stereocenters. The first-order valence-electron chi connectivity index (χ1n) is 12.1. The van der Waals surface area contributed by atoms with E-state index in [0.717, 1.165) is 16.5 Å². The number of nitrogens with one attached hydrogen (secondary N) is 3. The molecular formula is C25H35N5O6. The van der Waals surface area contributed by atoms with Crippen LogP contribution < -0.4 is 16.4 Å². The highest BCUT2D eigenvalue weighted by Crippen LogP contribution is 2.22. The second-order valence-corrected chi connectivity index (χ2v) is 9.66. The number of amides is 3. The number of aromatic nitrogens is 1. The van der Waals surface area contributed by atoms with Crippen molar-refractivity contribution < 1.29 is 29.4 Å². The second kappa shape index (κ2) is 11.5. The van der Waals surface area contributed by atoms with Crippen molar-refractivity contribution in [2.75, 3.05) is 6.54 Å². The lowest BCUT2D eigenvalue weighted by molar-refractivity contribution is -0.146. The molecule has 0 saturated carbocycles. The number of hydrogen-bond acceptors (Lipinski definition) is 6. The zero-order valence-corrected chi connectivity index (χ0v) is 20.7. The third kappa shape index (κ3) is 6.03. The lowest BCUT2D eigenvalue weighted by Crippen LogP contribution is -2.59. The number of fused-ring (bicyclic) bond motifs is 1. The number of aliphatic carboxylic acids is 1. The van der Waals surface area contributed by atoms with Crippen LogP contribution in [0, 0.1) is 5.92 Å². The fourth-order valence-corrected chi connectivity index (χ4v) is 4.56. The van der Waals surface area contributed by atoms with E-state index in [4.69, 9.17) is 5.73 Å². The van der Waals surface area contributed by atoms with Crippen LogP contribution in [-0.4, -0.2) is 80.6 Å². The van der Waals surface area contributed by atoms with Crippen molar-refractivity contribution in [1.29, 1.82) is 0 Å². The van der Waals surface area contributed by atoms with Gasteiger partial charge in [0.15, 0.2) is 6.04 Å². The number of carboxylic acids is 1. The van der Waals surface area contributed by atoms with Gasteiger partial charge in [0.25, 0.3) is 0 Å². The Kier molecular flexibility index (Phi) is 8.70. The van der Waals surface area contributed by atoms with E-state index in [-0.39, 0.29) is 11.8 Å². The van der Waals surface area contributed by atoms with Gasteiger partial charge in [-0.05, 0) is 43.7 Å². The third-order valence-corrected chi connectivity index (χ3v) is 6.56. The minimum Gasteiger partial charge on any atom is -0.480 e. The maximum Gasteiger partial charge on any atom is 0.328 e. The maximum atomic E-state index is 13.2. The molecule has 5 atom stereocenters. The van der Waals surface area contributed by atoms with Gasteiger partial charge < -0.3 is 36.5 Å². The molecule has 2 heterocycles. The third-order valence-electron chi connectivity index (χ3n) is 6.56. The summed E-state index contributed by atoms with van der Waals surface area (Å²) in [6.45, 7) is 5.04. The summed E-state index contributed by atoms with van der Waals surface area (Å²) in [5.74, 6) is -3.32. The van der Waals surface area contributed by atoms with Crippen LogP contribution in [0.2, 0.25) is 0 Å². The van der Waals surface area contributed by atoms with Gasteiger partial charge in [-0.25, -0.2) is 4.79 Å². The zero-order chi connectivity index (χ0) is 26.6. The number of carboxylic acid groups (broad SMARTS) is 1. The molecule has 1 aliphatic rings. The molecule has 36 heavy (non-hydrogen) atoms. The number of H-pyrrole nitrogens is 1. The van der Waals surface area contributed by atoms with Crippen LogP contribution in [0.25, 0.3) is 10.9 Å². The summed E-state index contributed by atoms with van der Waals surface area (Å²) in [6, 6.07) is 3.53. The number of aliphatic hydroxyl groups is 1. The summed E-state index contributed by atoms with van der Waals surface area (Å²) < 4.78 is 0. The van der Waals surface area contributed by atoms with E-state index in [9.17, 15) is 29.4 Å². The van der Waals surface area contributed by atoms with E-state index in [1.165, 1.54) is 11.8 Å². The summed E-state index contributed by atoms with van der Waals surface area (Å²) in [7, 11) is 0. The lowest BCUT2D eigenvalue weighted by atomic mass is 10.0. The van der Waals surface area contributed by atoms with Gasteiger partial charge in [-0.3, -0.25) is 14.4 Å². The average molecular weight is 502 g/mol. The number of carbonyl (C=O) groups is 4. The molecule has 11 heteroatoms. The number of nitrogens with zero attached hydrogens (tertiary/aromatic N) is 1. The van der Waals surface area contributed by atoms with Crippen LogP contribution in [0.15, 0.2) is 30.5 Å². The molecule has 0 spiro atoms. The predicted molar refractivity (Wildman–Crippen MR) is 133 cm³/mol. The number of hydrogen-bond donors (Lipinski definition) is 6. The molecule has 1 aliphatic heterocycles. The summed E-state index contributed by atoms with van der Waals surface area (Å²) in [5.41, 5.74) is 8.13. The number of rotatable bonds is 10. The van der Waals surface area contributed by atoms with Crippen molar-refractivity contribution in [2.24, 2.45) is 11.7 Å². The predicted octanol–water partition coefficient (Wildman–Crippen LogP) is 0.120. The topological polar surface area (TPSA) is 178 Å². The molecule has 3 rings (SSSR count). The number of likely N-dealkylation sites (tertiary alicyclic amines) is 1. The van der Waals surface area contributed by atoms with Crippen LogP contribution in [-0.2, 0) is 25.6 Å². The van der Waals surface area contributed by atoms with Crippen molar-refractivity contribution in [1.82, 2.24) is 20.5 Å². The Balaban J connectivity index is 1.67. The molecule has 0 radical (unpaired) electrons. The van der Waals surface area contributed by atoms with Gasteiger partial charge in [0, 0.05) is 23.6 Å². The highest BCUT2D eigenvalue weighted by atomic mass is 16.4. The van der Waals surface area contributed by atoms with Crippen LogP contribution in [0.5, 0.6) is 0 Å². The zero-order valence-electron chi connectivity index (χ0n) is 20.7. The lowest BCUT2D eigenvalue weighted by Gasteiger charge is -2.30. The van der Waals surface area contributed by atoms with Crippen molar-refractivity contribution >= 4 is 34.6 Å². The summed E-state index contributed by atoms with van der Waals surface area (Å²) in [5, 5.41) is 24.8. The molecule has 7 N–H and O–H groups in total. The van der Waals surface area contributed by atoms with E-state index in [1.807, 2.05) is 30.5 Å². The highest BCUT2D eigenvalue weighted by molar-refractivity contribution is 5.95. The van der Waals surface area contributed by atoms with Gasteiger partial charge in [-0.15, -0.1) is 0 Å². The van der Waals surface area contributed by atoms with Gasteiger partial charge in [0.05, 0.1) is 12.1 Å². The van der Waals surface area contributed by atoms with E-state index in [1.54, 1.807) is 13.8 Å². The smallest absolute Gasteiger partial charge is 0.328 e. The number of para-hydroxylation sites is 1. The molecule has 196 valence electrons. The number of aliphatic hydroxyl groups excluding tert-OH is 1. The normalized spacial score (nSPS) is 19.1. The van der Waals surface area contributed by atoms with Gasteiger partial charge in [0.2, 0.25) is 17.7 Å². The van der Waals surface area contributed by atoms with Crippen molar-refractivity contribution in [2.45, 2.75) is 70.3 Å². The fourth-order valence-electron chi connectivity index (χ4n) is 4.56. The van der Waals surface area contributed by atoms with E-state index >= 15 is 0 Å². The molecule has 1 aromatic heterocycles. The summed E-state index contributed by atoms with van der Waals surface area (Å²) >= 11 is 0. The van der Waals surface area contributed by atoms with Crippen LogP contribution in [0.3, 0.4) is 0 Å². The number of aromatic amines is 1. The molecule has 0 bridgehead atoms. The molecule has 1 aromatic carbocycles. The Morgan fingerprint density at radius 3 is 2.47 bits per heavy atom. The van der Waals surface area contributed by atoms with E-state index < -0.39 is 48.1 Å². The van der Waals surface area contributed by atoms with Crippen LogP contribution in [0.1, 0.15) is 39.2 Å². The quantitative estimate of drug-likeness (QED) is 0.268. The van der Waals surface area contributed by atoms with Crippen molar-refractivity contribution in [3.8, 4) is 0 Å². The van der Waals surface area contributed by atoms with Crippen molar-refractivity contribution in [3.05, 3.63) is 36.0 Å². The standard InChI is InChI=1S/C25H35N5O6/c1-13(2)20(23(33)29-21(14(3)31)25(35)36)28-22(32)19-9-6-10-30(19)24(34)17(26)11-15-12-27-18-8-5-4-7-16(15)18/h4-5,7-8,12-14,17,19-21,27,31H,6,9-11,26H2,1-3H3,(H,28,32)(H,29,33)(H,35,36). The molecular weight excluding hydrogens is 466 g/mol. The fraction of sp³-hybridized carbons (Fsp3) is 0.520. The number of nitrogens with two attached hydrogens (primary N) is 1. The highest BCUT2D eigenvalue weighted by Gasteiger charge is 2.39. The van der Waals surface area contributed by atoms with Gasteiger partial charge in [-0.1, -0.05) is 32.0 Å². The second-order valence-electron chi connectivity index (χ2n) is 9.66. The van der Waals surface area contributed by atoms with E-state index in [2.05, 4.69) is 15.6 Å². The van der Waals surface area contributed by atoms with Crippen LogP contribution >= 0.6 is 0 Å². The monoisotopic (exact) mass is 501 g/mol.